The van der Waals surface area contributed by atoms with Gasteiger partial charge in [-0.1, -0.05) is 13.3 Å². The highest BCUT2D eigenvalue weighted by Gasteiger charge is 2.18. The van der Waals surface area contributed by atoms with Crippen molar-refractivity contribution in [3.8, 4) is 6.07 Å². The van der Waals surface area contributed by atoms with Gasteiger partial charge < -0.3 is 0 Å². The largest absolute Gasteiger partial charge is 0.298 e. The molecule has 0 aliphatic heterocycles. The van der Waals surface area contributed by atoms with Crippen LogP contribution in [0.1, 0.15) is 37.7 Å². The van der Waals surface area contributed by atoms with Crippen molar-refractivity contribution in [3.63, 3.8) is 0 Å². The number of hydrogen-bond donors (Lipinski definition) is 0. The average molecular weight is 202 g/mol. The molecule has 0 aliphatic carbocycles. The molecule has 1 aromatic rings. The average Bonchev–Trinajstić information content (AvgIpc) is 2.29. The summed E-state index contributed by atoms with van der Waals surface area (Å²) in [6, 6.07) is 5.49. The summed E-state index contributed by atoms with van der Waals surface area (Å²) >= 11 is 0. The number of nitrogens with zero attached hydrogens (tertiary/aromatic N) is 2. The Morgan fingerprint density at radius 2 is 2.20 bits per heavy atom. The lowest BCUT2D eigenvalue weighted by Gasteiger charge is -2.07. The molecule has 1 aromatic heterocycles. The van der Waals surface area contributed by atoms with E-state index in [1.165, 1.54) is 0 Å². The van der Waals surface area contributed by atoms with Gasteiger partial charge in [0.05, 0.1) is 6.07 Å². The topological polar surface area (TPSA) is 53.8 Å². The van der Waals surface area contributed by atoms with Crippen LogP contribution in [0.25, 0.3) is 0 Å². The van der Waals surface area contributed by atoms with Gasteiger partial charge in [-0.15, -0.1) is 0 Å². The highest BCUT2D eigenvalue weighted by atomic mass is 16.1. The Morgan fingerprint density at radius 1 is 1.53 bits per heavy atom. The minimum absolute atomic E-state index is 0.00514. The zero-order chi connectivity index (χ0) is 11.1. The summed E-state index contributed by atoms with van der Waals surface area (Å²) in [6.07, 6.45) is 5.51. The van der Waals surface area contributed by atoms with Crippen molar-refractivity contribution in [2.45, 2.75) is 32.1 Å². The standard InChI is InChI=1S/C12H14N2O/c1-2-3-4-12(15)11(9-13)10-5-7-14-8-6-10/h5-8,11H,2-4H2,1H3. The number of Topliss-reactive ketones (excluding diaryl/α,β-unsaturated/α-hetero) is 1. The second kappa shape index (κ2) is 5.92. The molecular formula is C12H14N2O. The first-order chi connectivity index (χ1) is 7.29. The first kappa shape index (κ1) is 11.4. The number of pyridine rings is 1. The second-order valence-electron chi connectivity index (χ2n) is 3.41. The quantitative estimate of drug-likeness (QED) is 0.736. The fourth-order valence-corrected chi connectivity index (χ4v) is 1.38. The maximum atomic E-state index is 11.7. The lowest BCUT2D eigenvalue weighted by molar-refractivity contribution is -0.119. The summed E-state index contributed by atoms with van der Waals surface area (Å²) in [4.78, 5) is 15.6. The third kappa shape index (κ3) is 3.17. The molecule has 3 heteroatoms. The van der Waals surface area contributed by atoms with E-state index in [1.807, 2.05) is 13.0 Å². The van der Waals surface area contributed by atoms with E-state index in [9.17, 15) is 4.79 Å². The van der Waals surface area contributed by atoms with Crippen LogP contribution in [0.5, 0.6) is 0 Å². The van der Waals surface area contributed by atoms with E-state index >= 15 is 0 Å². The van der Waals surface area contributed by atoms with Gasteiger partial charge in [0.15, 0.2) is 5.78 Å². The number of rotatable bonds is 5. The smallest absolute Gasteiger partial charge is 0.154 e. The summed E-state index contributed by atoms with van der Waals surface area (Å²) in [7, 11) is 0. The Bertz CT molecular complexity index is 354. The van der Waals surface area contributed by atoms with Crippen molar-refractivity contribution in [2.24, 2.45) is 0 Å². The summed E-state index contributed by atoms with van der Waals surface area (Å²) in [5, 5.41) is 8.96. The minimum atomic E-state index is -0.625. The van der Waals surface area contributed by atoms with Crippen molar-refractivity contribution in [1.82, 2.24) is 4.98 Å². The third-order valence-corrected chi connectivity index (χ3v) is 2.27. The predicted octanol–water partition coefficient (Wildman–Crippen LogP) is 2.45. The molecule has 3 nitrogen and oxygen atoms in total. The van der Waals surface area contributed by atoms with Gasteiger partial charge in [-0.2, -0.15) is 5.26 Å². The molecule has 0 fully saturated rings. The third-order valence-electron chi connectivity index (χ3n) is 2.27. The van der Waals surface area contributed by atoms with Gasteiger partial charge >= 0.3 is 0 Å². The molecule has 0 N–H and O–H groups in total. The van der Waals surface area contributed by atoms with Crippen LogP contribution in [0.15, 0.2) is 24.5 Å². The molecule has 0 bridgehead atoms. The lowest BCUT2D eigenvalue weighted by Crippen LogP contribution is -2.10. The van der Waals surface area contributed by atoms with Crippen LogP contribution < -0.4 is 0 Å². The van der Waals surface area contributed by atoms with Crippen molar-refractivity contribution in [2.75, 3.05) is 0 Å². The summed E-state index contributed by atoms with van der Waals surface area (Å²) in [5.74, 6) is -0.620. The van der Waals surface area contributed by atoms with Crippen LogP contribution in [0.4, 0.5) is 0 Å². The summed E-state index contributed by atoms with van der Waals surface area (Å²) < 4.78 is 0. The molecule has 0 radical (unpaired) electrons. The van der Waals surface area contributed by atoms with E-state index in [1.54, 1.807) is 24.5 Å². The summed E-state index contributed by atoms with van der Waals surface area (Å²) in [5.41, 5.74) is 0.744. The van der Waals surface area contributed by atoms with Crippen LogP contribution in [0.3, 0.4) is 0 Å². The monoisotopic (exact) mass is 202 g/mol. The summed E-state index contributed by atoms with van der Waals surface area (Å²) in [6.45, 7) is 2.03. The number of aromatic nitrogens is 1. The Labute approximate surface area is 89.8 Å². The molecule has 0 saturated carbocycles. The van der Waals surface area contributed by atoms with E-state index in [4.69, 9.17) is 5.26 Å². The van der Waals surface area contributed by atoms with Gasteiger partial charge in [-0.05, 0) is 24.1 Å². The van der Waals surface area contributed by atoms with Gasteiger partial charge in [0.25, 0.3) is 0 Å². The Balaban J connectivity index is 2.73. The maximum absolute atomic E-state index is 11.7. The normalized spacial score (nSPS) is 11.7. The van der Waals surface area contributed by atoms with Crippen molar-refractivity contribution >= 4 is 5.78 Å². The lowest BCUT2D eigenvalue weighted by atomic mass is 9.94. The van der Waals surface area contributed by atoms with Gasteiger partial charge in [-0.25, -0.2) is 0 Å². The highest BCUT2D eigenvalue weighted by Crippen LogP contribution is 2.17. The van der Waals surface area contributed by atoms with Gasteiger partial charge in [0.1, 0.15) is 5.92 Å². The van der Waals surface area contributed by atoms with Crippen molar-refractivity contribution < 1.29 is 4.79 Å². The highest BCUT2D eigenvalue weighted by molar-refractivity contribution is 5.88. The van der Waals surface area contributed by atoms with Crippen LogP contribution in [0, 0.1) is 11.3 Å². The first-order valence-electron chi connectivity index (χ1n) is 5.11. The minimum Gasteiger partial charge on any atom is -0.298 e. The van der Waals surface area contributed by atoms with E-state index in [2.05, 4.69) is 4.98 Å². The van der Waals surface area contributed by atoms with Crippen LogP contribution in [-0.4, -0.2) is 10.8 Å². The molecule has 0 spiro atoms. The maximum Gasteiger partial charge on any atom is 0.154 e. The molecule has 1 rings (SSSR count). The van der Waals surface area contributed by atoms with Crippen molar-refractivity contribution in [1.29, 1.82) is 5.26 Å². The molecule has 0 saturated heterocycles. The number of hydrogen-bond acceptors (Lipinski definition) is 3. The molecule has 1 heterocycles. The zero-order valence-electron chi connectivity index (χ0n) is 8.81. The Kier molecular flexibility index (Phi) is 4.49. The SMILES string of the molecule is CCCCC(=O)C(C#N)c1ccncc1. The molecule has 78 valence electrons. The molecule has 0 aromatic carbocycles. The zero-order valence-corrected chi connectivity index (χ0v) is 8.81. The number of carbonyl (C=O) groups is 1. The van der Waals surface area contributed by atoms with Crippen molar-refractivity contribution in [3.05, 3.63) is 30.1 Å². The fourth-order valence-electron chi connectivity index (χ4n) is 1.38. The second-order valence-corrected chi connectivity index (χ2v) is 3.41. The first-order valence-corrected chi connectivity index (χ1v) is 5.11. The number of ketones is 1. The molecular weight excluding hydrogens is 188 g/mol. The molecule has 1 atom stereocenters. The predicted molar refractivity (Wildman–Crippen MR) is 57.1 cm³/mol. The number of unbranched alkanes of at least 4 members (excludes halogenated alkanes) is 1. The van der Waals surface area contributed by atoms with E-state index in [0.717, 1.165) is 18.4 Å². The number of carbonyl (C=O) groups excluding carboxylic acids is 1. The van der Waals surface area contributed by atoms with Crippen LogP contribution >= 0.6 is 0 Å². The Morgan fingerprint density at radius 3 is 2.73 bits per heavy atom. The van der Waals surface area contributed by atoms with Crippen LogP contribution in [-0.2, 0) is 4.79 Å². The van der Waals surface area contributed by atoms with E-state index < -0.39 is 5.92 Å². The van der Waals surface area contributed by atoms with Gasteiger partial charge in [0, 0.05) is 18.8 Å². The van der Waals surface area contributed by atoms with Gasteiger partial charge in [-0.3, -0.25) is 9.78 Å². The molecule has 1 unspecified atom stereocenters. The van der Waals surface area contributed by atoms with Crippen LogP contribution in [0.2, 0.25) is 0 Å². The van der Waals surface area contributed by atoms with E-state index in [0.29, 0.717) is 6.42 Å². The fraction of sp³-hybridized carbons (Fsp3) is 0.417. The van der Waals surface area contributed by atoms with Gasteiger partial charge in [0.2, 0.25) is 0 Å². The molecule has 0 amide bonds. The van der Waals surface area contributed by atoms with E-state index in [-0.39, 0.29) is 5.78 Å². The Hall–Kier alpha value is -1.69. The number of nitriles is 1. The molecule has 0 aliphatic rings. The molecule has 15 heavy (non-hydrogen) atoms.